The van der Waals surface area contributed by atoms with Gasteiger partial charge in [-0.3, -0.25) is 9.48 Å². The van der Waals surface area contributed by atoms with Crippen molar-refractivity contribution in [1.29, 1.82) is 0 Å². The molecule has 0 aliphatic rings. The topological polar surface area (TPSA) is 84.2 Å². The smallest absolute Gasteiger partial charge is 0.336 e. The van der Waals surface area contributed by atoms with Gasteiger partial charge < -0.3 is 10.4 Å². The van der Waals surface area contributed by atoms with Crippen LogP contribution < -0.4 is 5.32 Å². The second-order valence-electron chi connectivity index (χ2n) is 6.33. The number of aromatic nitrogens is 2. The van der Waals surface area contributed by atoms with Crippen LogP contribution in [-0.2, 0) is 0 Å². The molecule has 0 bridgehead atoms. The number of amides is 1. The van der Waals surface area contributed by atoms with E-state index in [1.54, 1.807) is 19.1 Å². The van der Waals surface area contributed by atoms with Gasteiger partial charge in [-0.05, 0) is 56.9 Å². The van der Waals surface area contributed by atoms with Crippen molar-refractivity contribution in [2.45, 2.75) is 53.5 Å². The first-order valence-electron chi connectivity index (χ1n) is 8.50. The number of nitrogens with zero attached hydrogens (tertiary/aromatic N) is 2. The average Bonchev–Trinajstić information content (AvgIpc) is 2.93. The summed E-state index contributed by atoms with van der Waals surface area (Å²) in [5.41, 5.74) is 3.41. The minimum atomic E-state index is -1.01. The molecule has 6 nitrogen and oxygen atoms in total. The van der Waals surface area contributed by atoms with Crippen LogP contribution in [0.3, 0.4) is 0 Å². The number of benzene rings is 1. The Hall–Kier alpha value is -2.63. The Labute approximate surface area is 147 Å². The van der Waals surface area contributed by atoms with E-state index in [-0.39, 0.29) is 17.5 Å². The van der Waals surface area contributed by atoms with Crippen molar-refractivity contribution in [2.24, 2.45) is 0 Å². The maximum Gasteiger partial charge on any atom is 0.336 e. The van der Waals surface area contributed by atoms with Crippen molar-refractivity contribution >= 4 is 17.6 Å². The highest BCUT2D eigenvalue weighted by molar-refractivity contribution is 6.04. The number of carboxylic acids is 1. The minimum Gasteiger partial charge on any atom is -0.478 e. The molecule has 0 unspecified atom stereocenters. The fourth-order valence-corrected chi connectivity index (χ4v) is 3.01. The highest BCUT2D eigenvalue weighted by Crippen LogP contribution is 2.22. The molecule has 1 heterocycles. The molecular formula is C19H25N3O3. The number of aromatic carboxylic acids is 1. The Bertz CT molecular complexity index is 804. The number of aryl methyl sites for hydroxylation is 3. The van der Waals surface area contributed by atoms with Gasteiger partial charge in [0.25, 0.3) is 5.91 Å². The Morgan fingerprint density at radius 2 is 1.76 bits per heavy atom. The summed E-state index contributed by atoms with van der Waals surface area (Å²) in [7, 11) is 0. The summed E-state index contributed by atoms with van der Waals surface area (Å²) < 4.78 is 1.89. The van der Waals surface area contributed by atoms with Gasteiger partial charge in [-0.1, -0.05) is 19.9 Å². The molecular weight excluding hydrogens is 318 g/mol. The van der Waals surface area contributed by atoms with E-state index in [1.165, 1.54) is 6.07 Å². The fourth-order valence-electron chi connectivity index (χ4n) is 3.01. The van der Waals surface area contributed by atoms with Gasteiger partial charge in [-0.15, -0.1) is 0 Å². The third kappa shape index (κ3) is 3.90. The lowest BCUT2D eigenvalue weighted by atomic mass is 10.0. The predicted octanol–water partition coefficient (Wildman–Crippen LogP) is 4.12. The molecule has 134 valence electrons. The van der Waals surface area contributed by atoms with Crippen molar-refractivity contribution in [2.75, 3.05) is 5.32 Å². The number of carbonyl (C=O) groups is 2. The summed E-state index contributed by atoms with van der Waals surface area (Å²) in [5.74, 6) is -1.35. The minimum absolute atomic E-state index is 0.180. The molecule has 0 atom stereocenters. The van der Waals surface area contributed by atoms with Crippen LogP contribution in [0.15, 0.2) is 18.2 Å². The predicted molar refractivity (Wildman–Crippen MR) is 97.4 cm³/mol. The van der Waals surface area contributed by atoms with Crippen LogP contribution in [0.5, 0.6) is 0 Å². The van der Waals surface area contributed by atoms with E-state index >= 15 is 0 Å². The highest BCUT2D eigenvalue weighted by Gasteiger charge is 2.18. The molecule has 0 radical (unpaired) electrons. The van der Waals surface area contributed by atoms with Crippen LogP contribution in [-0.4, -0.2) is 26.8 Å². The van der Waals surface area contributed by atoms with E-state index in [0.717, 1.165) is 24.1 Å². The van der Waals surface area contributed by atoms with Crippen LogP contribution in [0, 0.1) is 20.8 Å². The number of anilines is 1. The molecule has 0 aliphatic carbocycles. The van der Waals surface area contributed by atoms with Crippen LogP contribution in [0.4, 0.5) is 5.69 Å². The lowest BCUT2D eigenvalue weighted by Gasteiger charge is -2.14. The van der Waals surface area contributed by atoms with Crippen LogP contribution in [0.25, 0.3) is 0 Å². The summed E-state index contributed by atoms with van der Waals surface area (Å²) in [5, 5.41) is 16.5. The van der Waals surface area contributed by atoms with E-state index in [9.17, 15) is 14.7 Å². The molecule has 0 fully saturated rings. The second-order valence-corrected chi connectivity index (χ2v) is 6.33. The van der Waals surface area contributed by atoms with Gasteiger partial charge in [-0.25, -0.2) is 4.79 Å². The number of carbonyl (C=O) groups excluding carboxylic acids is 1. The van der Waals surface area contributed by atoms with Crippen LogP contribution >= 0.6 is 0 Å². The zero-order chi connectivity index (χ0) is 18.7. The fraction of sp³-hybridized carbons (Fsp3) is 0.421. The summed E-state index contributed by atoms with van der Waals surface area (Å²) >= 11 is 0. The molecule has 2 N–H and O–H groups in total. The summed E-state index contributed by atoms with van der Waals surface area (Å²) in [6, 6.07) is 5.28. The monoisotopic (exact) mass is 343 g/mol. The van der Waals surface area contributed by atoms with E-state index < -0.39 is 5.97 Å². The summed E-state index contributed by atoms with van der Waals surface area (Å²) in [6.45, 7) is 9.70. The molecule has 1 aromatic heterocycles. The lowest BCUT2D eigenvalue weighted by molar-refractivity contribution is 0.0695. The maximum atomic E-state index is 12.6. The second kappa shape index (κ2) is 7.51. The van der Waals surface area contributed by atoms with E-state index in [0.29, 0.717) is 16.9 Å². The molecule has 0 spiro atoms. The zero-order valence-corrected chi connectivity index (χ0v) is 15.4. The third-order valence-corrected chi connectivity index (χ3v) is 4.49. The number of nitrogens with one attached hydrogen (secondary N) is 1. The van der Waals surface area contributed by atoms with Gasteiger partial charge in [0.2, 0.25) is 0 Å². The van der Waals surface area contributed by atoms with Crippen molar-refractivity contribution < 1.29 is 14.7 Å². The quantitative estimate of drug-likeness (QED) is 0.826. The van der Waals surface area contributed by atoms with Gasteiger partial charge in [0.1, 0.15) is 0 Å². The number of hydrogen-bond acceptors (Lipinski definition) is 3. The standard InChI is InChI=1S/C19H25N3O3/c1-6-14(7-2)22-13(5)9-17(21-22)18(23)20-16-10-15(19(24)25)11(3)8-12(16)4/h8-10,14H,6-7H2,1-5H3,(H,20,23)(H,24,25). The van der Waals surface area contributed by atoms with Crippen molar-refractivity contribution in [3.63, 3.8) is 0 Å². The van der Waals surface area contributed by atoms with E-state index in [2.05, 4.69) is 24.3 Å². The van der Waals surface area contributed by atoms with Gasteiger partial charge in [-0.2, -0.15) is 5.10 Å². The molecule has 2 rings (SSSR count). The van der Waals surface area contributed by atoms with Crippen molar-refractivity contribution in [1.82, 2.24) is 9.78 Å². The number of hydrogen-bond donors (Lipinski definition) is 2. The zero-order valence-electron chi connectivity index (χ0n) is 15.4. The molecule has 0 saturated heterocycles. The lowest BCUT2D eigenvalue weighted by Crippen LogP contribution is -2.16. The first-order valence-corrected chi connectivity index (χ1v) is 8.50. The largest absolute Gasteiger partial charge is 0.478 e. The van der Waals surface area contributed by atoms with Gasteiger partial charge in [0.15, 0.2) is 5.69 Å². The molecule has 0 saturated carbocycles. The Morgan fingerprint density at radius 1 is 1.12 bits per heavy atom. The van der Waals surface area contributed by atoms with Gasteiger partial charge >= 0.3 is 5.97 Å². The van der Waals surface area contributed by atoms with E-state index in [4.69, 9.17) is 0 Å². The Morgan fingerprint density at radius 3 is 2.32 bits per heavy atom. The first-order chi connectivity index (χ1) is 11.8. The molecule has 0 aliphatic heterocycles. The molecule has 2 aromatic rings. The normalized spacial score (nSPS) is 11.0. The Kier molecular flexibility index (Phi) is 5.62. The third-order valence-electron chi connectivity index (χ3n) is 4.49. The van der Waals surface area contributed by atoms with E-state index in [1.807, 2.05) is 18.5 Å². The average molecular weight is 343 g/mol. The maximum absolute atomic E-state index is 12.6. The molecule has 25 heavy (non-hydrogen) atoms. The van der Waals surface area contributed by atoms with Crippen molar-refractivity contribution in [3.8, 4) is 0 Å². The van der Waals surface area contributed by atoms with Gasteiger partial charge in [0, 0.05) is 11.4 Å². The Balaban J connectivity index is 2.30. The first kappa shape index (κ1) is 18.7. The van der Waals surface area contributed by atoms with Gasteiger partial charge in [0.05, 0.1) is 11.6 Å². The number of rotatable bonds is 6. The molecule has 6 heteroatoms. The van der Waals surface area contributed by atoms with Crippen molar-refractivity contribution in [3.05, 3.63) is 46.3 Å². The number of carboxylic acid groups (broad SMARTS) is 1. The molecule has 1 amide bonds. The molecule has 1 aromatic carbocycles. The van der Waals surface area contributed by atoms with Crippen LogP contribution in [0.2, 0.25) is 0 Å². The highest BCUT2D eigenvalue weighted by atomic mass is 16.4. The summed E-state index contributed by atoms with van der Waals surface area (Å²) in [6.07, 6.45) is 1.89. The SMILES string of the molecule is CCC(CC)n1nc(C(=O)Nc2cc(C(=O)O)c(C)cc2C)cc1C. The van der Waals surface area contributed by atoms with Crippen LogP contribution in [0.1, 0.15) is 70.4 Å². The summed E-state index contributed by atoms with van der Waals surface area (Å²) in [4.78, 5) is 23.9.